The zero-order valence-electron chi connectivity index (χ0n) is 16.1. The molecule has 0 bridgehead atoms. The molecular weight excluding hydrogens is 348 g/mol. The molecule has 0 N–H and O–H groups in total. The van der Waals surface area contributed by atoms with Gasteiger partial charge in [-0.15, -0.1) is 0 Å². The molecule has 1 atom stereocenters. The third-order valence-corrected chi connectivity index (χ3v) is 5.00. The van der Waals surface area contributed by atoms with Crippen molar-refractivity contribution in [3.63, 3.8) is 0 Å². The van der Waals surface area contributed by atoms with Crippen LogP contribution in [0.3, 0.4) is 0 Å². The van der Waals surface area contributed by atoms with E-state index in [1.165, 1.54) is 9.80 Å². The van der Waals surface area contributed by atoms with Crippen molar-refractivity contribution in [3.05, 3.63) is 29.8 Å². The van der Waals surface area contributed by atoms with Gasteiger partial charge in [0.25, 0.3) is 5.91 Å². The van der Waals surface area contributed by atoms with Crippen LogP contribution in [0.15, 0.2) is 24.3 Å². The van der Waals surface area contributed by atoms with E-state index < -0.39 is 6.04 Å². The largest absolute Gasteiger partial charge is 0.450 e. The summed E-state index contributed by atoms with van der Waals surface area (Å²) in [4.78, 5) is 43.8. The van der Waals surface area contributed by atoms with Crippen LogP contribution in [0.5, 0.6) is 0 Å². The van der Waals surface area contributed by atoms with Crippen LogP contribution in [0, 0.1) is 6.92 Å². The average Bonchev–Trinajstić information content (AvgIpc) is 2.87. The number of amides is 4. The first kappa shape index (κ1) is 19.2. The number of nitrogens with zero attached hydrogens (tertiary/aromatic N) is 4. The summed E-state index contributed by atoms with van der Waals surface area (Å²) < 4.78 is 5.01. The van der Waals surface area contributed by atoms with E-state index in [4.69, 9.17) is 4.74 Å². The molecule has 0 unspecified atom stereocenters. The maximum absolute atomic E-state index is 12.9. The second kappa shape index (κ2) is 7.96. The predicted molar refractivity (Wildman–Crippen MR) is 100 cm³/mol. The molecule has 0 aromatic heterocycles. The summed E-state index contributed by atoms with van der Waals surface area (Å²) in [5, 5.41) is 0. The van der Waals surface area contributed by atoms with E-state index in [-0.39, 0.29) is 24.7 Å². The molecule has 2 saturated heterocycles. The molecule has 8 heteroatoms. The minimum atomic E-state index is -0.527. The van der Waals surface area contributed by atoms with Crippen molar-refractivity contribution < 1.29 is 19.1 Å². The van der Waals surface area contributed by atoms with Crippen molar-refractivity contribution in [3.8, 4) is 0 Å². The van der Waals surface area contributed by atoms with Crippen molar-refractivity contribution in [2.75, 3.05) is 44.4 Å². The lowest BCUT2D eigenvalue weighted by Gasteiger charge is -2.35. The third kappa shape index (κ3) is 3.90. The van der Waals surface area contributed by atoms with Gasteiger partial charge in [-0.05, 0) is 32.9 Å². The summed E-state index contributed by atoms with van der Waals surface area (Å²) in [6, 6.07) is 6.75. The Labute approximate surface area is 159 Å². The highest BCUT2D eigenvalue weighted by Crippen LogP contribution is 2.26. The van der Waals surface area contributed by atoms with E-state index in [0.29, 0.717) is 32.8 Å². The second-order valence-corrected chi connectivity index (χ2v) is 6.88. The van der Waals surface area contributed by atoms with E-state index in [9.17, 15) is 14.4 Å². The molecule has 0 saturated carbocycles. The number of rotatable bonds is 4. The number of benzene rings is 1. The van der Waals surface area contributed by atoms with Crippen LogP contribution in [-0.2, 0) is 9.53 Å². The van der Waals surface area contributed by atoms with E-state index in [2.05, 4.69) is 0 Å². The molecular formula is C19H26N4O4. The maximum atomic E-state index is 12.9. The number of aryl methyl sites for hydroxylation is 1. The van der Waals surface area contributed by atoms with Gasteiger partial charge in [0, 0.05) is 31.9 Å². The standard InChI is InChI=1S/C19H26N4O4/c1-4-27-19(26)21-11-9-20(10-12-21)13-22-17(24)15(3)23(18(22)25)16-7-5-14(2)6-8-16/h5-8,15H,4,9-13H2,1-3H3/t15-/m0/s1. The maximum Gasteiger partial charge on any atom is 0.409 e. The molecule has 1 aromatic rings. The molecule has 2 aliphatic rings. The number of hydrogen-bond donors (Lipinski definition) is 0. The Morgan fingerprint density at radius 2 is 1.74 bits per heavy atom. The molecule has 2 heterocycles. The van der Waals surface area contributed by atoms with Gasteiger partial charge in [0.1, 0.15) is 6.04 Å². The van der Waals surface area contributed by atoms with Crippen molar-refractivity contribution >= 4 is 23.7 Å². The Bertz CT molecular complexity index is 713. The number of anilines is 1. The Morgan fingerprint density at radius 3 is 2.33 bits per heavy atom. The fourth-order valence-corrected chi connectivity index (χ4v) is 3.38. The summed E-state index contributed by atoms with van der Waals surface area (Å²) in [6.07, 6.45) is -0.315. The first-order valence-electron chi connectivity index (χ1n) is 9.27. The molecule has 4 amide bonds. The third-order valence-electron chi connectivity index (χ3n) is 5.00. The van der Waals surface area contributed by atoms with Crippen LogP contribution >= 0.6 is 0 Å². The van der Waals surface area contributed by atoms with Crippen molar-refractivity contribution in [2.24, 2.45) is 0 Å². The van der Waals surface area contributed by atoms with Gasteiger partial charge in [0.05, 0.1) is 13.3 Å². The van der Waals surface area contributed by atoms with Crippen LogP contribution in [0.1, 0.15) is 19.4 Å². The lowest BCUT2D eigenvalue weighted by atomic mass is 10.2. The van der Waals surface area contributed by atoms with Gasteiger partial charge in [-0.1, -0.05) is 17.7 Å². The molecule has 0 spiro atoms. The van der Waals surface area contributed by atoms with Crippen LogP contribution in [0.25, 0.3) is 0 Å². The average molecular weight is 374 g/mol. The topological polar surface area (TPSA) is 73.4 Å². The first-order valence-corrected chi connectivity index (χ1v) is 9.27. The van der Waals surface area contributed by atoms with Gasteiger partial charge in [-0.25, -0.2) is 14.5 Å². The highest BCUT2D eigenvalue weighted by Gasteiger charge is 2.44. The monoisotopic (exact) mass is 374 g/mol. The smallest absolute Gasteiger partial charge is 0.409 e. The molecule has 27 heavy (non-hydrogen) atoms. The van der Waals surface area contributed by atoms with Gasteiger partial charge < -0.3 is 9.64 Å². The number of carbonyl (C=O) groups is 3. The highest BCUT2D eigenvalue weighted by molar-refractivity contribution is 6.14. The number of carbonyl (C=O) groups excluding carboxylic acids is 3. The minimum absolute atomic E-state index is 0.201. The van der Waals surface area contributed by atoms with Gasteiger partial charge in [-0.2, -0.15) is 0 Å². The van der Waals surface area contributed by atoms with Crippen molar-refractivity contribution in [2.45, 2.75) is 26.8 Å². The van der Waals surface area contributed by atoms with Gasteiger partial charge in [0.15, 0.2) is 0 Å². The van der Waals surface area contributed by atoms with Gasteiger partial charge in [0.2, 0.25) is 0 Å². The highest BCUT2D eigenvalue weighted by atomic mass is 16.6. The molecule has 0 aliphatic carbocycles. The molecule has 2 aliphatic heterocycles. The summed E-state index contributed by atoms with van der Waals surface area (Å²) >= 11 is 0. The lowest BCUT2D eigenvalue weighted by molar-refractivity contribution is -0.128. The molecule has 0 radical (unpaired) electrons. The zero-order chi connectivity index (χ0) is 19.6. The SMILES string of the molecule is CCOC(=O)N1CCN(CN2C(=O)[C@H](C)N(c3ccc(C)cc3)C2=O)CC1. The lowest BCUT2D eigenvalue weighted by Crippen LogP contribution is -2.52. The normalized spacial score (nSPS) is 21.1. The van der Waals surface area contributed by atoms with E-state index in [1.807, 2.05) is 36.1 Å². The Hall–Kier alpha value is -2.61. The molecule has 8 nitrogen and oxygen atoms in total. The second-order valence-electron chi connectivity index (χ2n) is 6.88. The summed E-state index contributed by atoms with van der Waals surface area (Å²) in [5.41, 5.74) is 1.82. The summed E-state index contributed by atoms with van der Waals surface area (Å²) in [5.74, 6) is -0.201. The minimum Gasteiger partial charge on any atom is -0.450 e. The Kier molecular flexibility index (Phi) is 5.65. The van der Waals surface area contributed by atoms with Crippen LogP contribution in [0.4, 0.5) is 15.3 Å². The van der Waals surface area contributed by atoms with E-state index in [0.717, 1.165) is 11.3 Å². The summed E-state index contributed by atoms with van der Waals surface area (Å²) in [6.45, 7) is 8.32. The number of urea groups is 1. The zero-order valence-corrected chi connectivity index (χ0v) is 16.1. The van der Waals surface area contributed by atoms with Crippen LogP contribution in [0.2, 0.25) is 0 Å². The molecule has 1 aromatic carbocycles. The van der Waals surface area contributed by atoms with Crippen LogP contribution < -0.4 is 4.90 Å². The van der Waals surface area contributed by atoms with Crippen molar-refractivity contribution in [1.82, 2.24) is 14.7 Å². The van der Waals surface area contributed by atoms with E-state index >= 15 is 0 Å². The summed E-state index contributed by atoms with van der Waals surface area (Å²) in [7, 11) is 0. The predicted octanol–water partition coefficient (Wildman–Crippen LogP) is 1.88. The first-order chi connectivity index (χ1) is 12.9. The Balaban J connectivity index is 1.62. The number of hydrogen-bond acceptors (Lipinski definition) is 5. The van der Waals surface area contributed by atoms with Gasteiger partial charge in [-0.3, -0.25) is 14.6 Å². The molecule has 3 rings (SSSR count). The van der Waals surface area contributed by atoms with Crippen molar-refractivity contribution in [1.29, 1.82) is 0 Å². The Morgan fingerprint density at radius 1 is 1.11 bits per heavy atom. The number of ether oxygens (including phenoxy) is 1. The molecule has 2 fully saturated rings. The number of piperazine rings is 1. The van der Waals surface area contributed by atoms with Crippen LogP contribution in [-0.4, -0.2) is 78.2 Å². The van der Waals surface area contributed by atoms with Gasteiger partial charge >= 0.3 is 12.1 Å². The fourth-order valence-electron chi connectivity index (χ4n) is 3.38. The fraction of sp³-hybridized carbons (Fsp3) is 0.526. The molecule has 146 valence electrons. The quantitative estimate of drug-likeness (QED) is 0.753. The number of imide groups is 1. The van der Waals surface area contributed by atoms with E-state index in [1.54, 1.807) is 18.7 Å².